The maximum absolute atomic E-state index is 4.46. The number of thiazole rings is 1. The Bertz CT molecular complexity index is 330. The van der Waals surface area contributed by atoms with Crippen molar-refractivity contribution in [2.45, 2.75) is 58.5 Å². The fourth-order valence-corrected chi connectivity index (χ4v) is 3.02. The number of nitrogens with one attached hydrogen (secondary N) is 1. The van der Waals surface area contributed by atoms with Gasteiger partial charge < -0.3 is 5.32 Å². The summed E-state index contributed by atoms with van der Waals surface area (Å²) in [5.74, 6) is 0.934. The van der Waals surface area contributed by atoms with Crippen LogP contribution in [-0.4, -0.2) is 11.0 Å². The molecule has 1 N–H and O–H groups in total. The molecule has 0 aliphatic heterocycles. The summed E-state index contributed by atoms with van der Waals surface area (Å²) in [5, 5.41) is 4.99. The second-order valence-corrected chi connectivity index (χ2v) is 6.20. The Hall–Kier alpha value is -0.410. The third-order valence-corrected chi connectivity index (χ3v) is 4.36. The summed E-state index contributed by atoms with van der Waals surface area (Å²) in [4.78, 5) is 5.77. The van der Waals surface area contributed by atoms with Gasteiger partial charge >= 0.3 is 0 Å². The summed E-state index contributed by atoms with van der Waals surface area (Å²) < 4.78 is 0. The molecule has 2 unspecified atom stereocenters. The highest BCUT2D eigenvalue weighted by Gasteiger charge is 2.31. The minimum absolute atomic E-state index is 0.413. The van der Waals surface area contributed by atoms with Crippen LogP contribution in [0.5, 0.6) is 0 Å². The van der Waals surface area contributed by atoms with Crippen LogP contribution in [0.2, 0.25) is 0 Å². The van der Waals surface area contributed by atoms with Gasteiger partial charge in [-0.3, -0.25) is 0 Å². The molecule has 90 valence electrons. The highest BCUT2D eigenvalue weighted by Crippen LogP contribution is 2.35. The largest absolute Gasteiger partial charge is 0.305 e. The predicted octanol–water partition coefficient (Wildman–Crippen LogP) is 3.68. The zero-order valence-corrected chi connectivity index (χ0v) is 11.3. The predicted molar refractivity (Wildman–Crippen MR) is 69.8 cm³/mol. The summed E-state index contributed by atoms with van der Waals surface area (Å²) in [7, 11) is 0. The molecule has 0 saturated heterocycles. The summed E-state index contributed by atoms with van der Waals surface area (Å²) in [6.45, 7) is 6.64. The van der Waals surface area contributed by atoms with Crippen LogP contribution >= 0.6 is 11.3 Å². The van der Waals surface area contributed by atoms with Gasteiger partial charge in [-0.2, -0.15) is 0 Å². The molecule has 2 nitrogen and oxygen atoms in total. The maximum Gasteiger partial charge on any atom is 0.109 e. The number of aromatic nitrogens is 1. The third kappa shape index (κ3) is 3.05. The van der Waals surface area contributed by atoms with Gasteiger partial charge in [0.05, 0.1) is 6.04 Å². The fourth-order valence-electron chi connectivity index (χ4n) is 2.23. The van der Waals surface area contributed by atoms with E-state index in [2.05, 4.69) is 31.1 Å². The number of rotatable bonds is 6. The van der Waals surface area contributed by atoms with Crippen LogP contribution in [0.1, 0.15) is 55.5 Å². The molecular formula is C13H22N2S. The molecule has 0 aromatic carbocycles. The molecule has 1 aliphatic rings. The number of hydrogen-bond acceptors (Lipinski definition) is 3. The Balaban J connectivity index is 1.91. The number of hydrogen-bond donors (Lipinski definition) is 1. The van der Waals surface area contributed by atoms with Crippen LogP contribution in [-0.2, 0) is 0 Å². The van der Waals surface area contributed by atoms with E-state index in [4.69, 9.17) is 0 Å². The van der Waals surface area contributed by atoms with Gasteiger partial charge in [-0.05, 0) is 39.0 Å². The molecular weight excluding hydrogens is 216 g/mol. The first kappa shape index (κ1) is 12.1. The van der Waals surface area contributed by atoms with Gasteiger partial charge in [-0.15, -0.1) is 11.3 Å². The molecule has 2 rings (SSSR count). The summed E-state index contributed by atoms with van der Waals surface area (Å²) in [6.07, 6.45) is 7.39. The minimum Gasteiger partial charge on any atom is -0.305 e. The van der Waals surface area contributed by atoms with Crippen LogP contribution in [0.25, 0.3) is 0 Å². The Morgan fingerprint density at radius 3 is 2.81 bits per heavy atom. The van der Waals surface area contributed by atoms with Gasteiger partial charge in [0, 0.05) is 17.1 Å². The van der Waals surface area contributed by atoms with Crippen LogP contribution in [0.4, 0.5) is 0 Å². The van der Waals surface area contributed by atoms with Crippen molar-refractivity contribution >= 4 is 11.3 Å². The van der Waals surface area contributed by atoms with E-state index in [1.165, 1.54) is 35.6 Å². The van der Waals surface area contributed by atoms with Crippen LogP contribution in [0.15, 0.2) is 6.20 Å². The maximum atomic E-state index is 4.46. The van der Waals surface area contributed by atoms with E-state index in [0.29, 0.717) is 12.1 Å². The summed E-state index contributed by atoms with van der Waals surface area (Å²) in [6, 6.07) is 1.13. The molecule has 1 aromatic rings. The topological polar surface area (TPSA) is 24.9 Å². The summed E-state index contributed by atoms with van der Waals surface area (Å²) in [5.41, 5.74) is 0. The lowest BCUT2D eigenvalue weighted by Crippen LogP contribution is -2.33. The van der Waals surface area contributed by atoms with Crippen molar-refractivity contribution in [3.63, 3.8) is 0 Å². The van der Waals surface area contributed by atoms with E-state index >= 15 is 0 Å². The van der Waals surface area contributed by atoms with E-state index in [9.17, 15) is 0 Å². The molecule has 0 amide bonds. The highest BCUT2D eigenvalue weighted by atomic mass is 32.1. The third-order valence-electron chi connectivity index (χ3n) is 3.26. The molecule has 1 fully saturated rings. The van der Waals surface area contributed by atoms with Gasteiger partial charge in [0.15, 0.2) is 0 Å². The lowest BCUT2D eigenvalue weighted by Gasteiger charge is -2.21. The van der Waals surface area contributed by atoms with Gasteiger partial charge in [-0.25, -0.2) is 4.98 Å². The lowest BCUT2D eigenvalue weighted by atomic mass is 10.1. The first-order valence-corrected chi connectivity index (χ1v) is 7.20. The van der Waals surface area contributed by atoms with E-state index < -0.39 is 0 Å². The van der Waals surface area contributed by atoms with Gasteiger partial charge in [0.1, 0.15) is 5.01 Å². The Labute approximate surface area is 102 Å². The van der Waals surface area contributed by atoms with Gasteiger partial charge in [0.25, 0.3) is 0 Å². The first-order chi connectivity index (χ1) is 7.70. The molecule has 1 aliphatic carbocycles. The molecule has 0 spiro atoms. The normalized spacial score (nSPS) is 19.7. The number of aryl methyl sites for hydroxylation is 1. The van der Waals surface area contributed by atoms with Crippen molar-refractivity contribution < 1.29 is 0 Å². The van der Waals surface area contributed by atoms with Crippen molar-refractivity contribution in [1.82, 2.24) is 10.3 Å². The molecule has 3 heteroatoms. The molecule has 0 radical (unpaired) electrons. The van der Waals surface area contributed by atoms with Gasteiger partial charge in [-0.1, -0.05) is 13.3 Å². The molecule has 2 atom stereocenters. The van der Waals surface area contributed by atoms with Crippen molar-refractivity contribution in [3.05, 3.63) is 16.1 Å². The second kappa shape index (κ2) is 5.28. The minimum atomic E-state index is 0.413. The molecule has 1 saturated carbocycles. The number of nitrogens with zero attached hydrogens (tertiary/aromatic N) is 1. The first-order valence-electron chi connectivity index (χ1n) is 6.39. The van der Waals surface area contributed by atoms with Crippen molar-refractivity contribution in [3.8, 4) is 0 Å². The average Bonchev–Trinajstić information content (AvgIpc) is 3.00. The van der Waals surface area contributed by atoms with Crippen molar-refractivity contribution in [2.24, 2.45) is 5.92 Å². The van der Waals surface area contributed by atoms with Crippen LogP contribution in [0.3, 0.4) is 0 Å². The lowest BCUT2D eigenvalue weighted by molar-refractivity contribution is 0.390. The average molecular weight is 238 g/mol. The van der Waals surface area contributed by atoms with E-state index in [-0.39, 0.29) is 0 Å². The SMILES string of the molecule is CCCC(NC(C)c1ncc(C)s1)C1CC1. The van der Waals surface area contributed by atoms with E-state index in [1.807, 2.05) is 17.5 Å². The van der Waals surface area contributed by atoms with E-state index in [1.54, 1.807) is 0 Å². The Morgan fingerprint density at radius 1 is 1.56 bits per heavy atom. The zero-order chi connectivity index (χ0) is 11.5. The van der Waals surface area contributed by atoms with Crippen LogP contribution < -0.4 is 5.32 Å². The standard InChI is InChI=1S/C13H22N2S/c1-4-5-12(11-6-7-11)15-10(3)13-14-8-9(2)16-13/h8,10-12,15H,4-7H2,1-3H3. The molecule has 1 heterocycles. The molecule has 0 bridgehead atoms. The molecule has 16 heavy (non-hydrogen) atoms. The van der Waals surface area contributed by atoms with Crippen molar-refractivity contribution in [1.29, 1.82) is 0 Å². The highest BCUT2D eigenvalue weighted by molar-refractivity contribution is 7.11. The zero-order valence-electron chi connectivity index (χ0n) is 10.5. The second-order valence-electron chi connectivity index (χ2n) is 4.93. The fraction of sp³-hybridized carbons (Fsp3) is 0.769. The summed E-state index contributed by atoms with van der Waals surface area (Å²) >= 11 is 1.81. The molecule has 1 aromatic heterocycles. The monoisotopic (exact) mass is 238 g/mol. The van der Waals surface area contributed by atoms with Gasteiger partial charge in [0.2, 0.25) is 0 Å². The van der Waals surface area contributed by atoms with E-state index in [0.717, 1.165) is 5.92 Å². The quantitative estimate of drug-likeness (QED) is 0.817. The Kier molecular flexibility index (Phi) is 3.98. The van der Waals surface area contributed by atoms with Crippen LogP contribution in [0, 0.1) is 12.8 Å². The van der Waals surface area contributed by atoms with Crippen molar-refractivity contribution in [2.75, 3.05) is 0 Å². The Morgan fingerprint density at radius 2 is 2.31 bits per heavy atom. The smallest absolute Gasteiger partial charge is 0.109 e.